The Morgan fingerprint density at radius 3 is 2.48 bits per heavy atom. The van der Waals surface area contributed by atoms with Gasteiger partial charge in [-0.2, -0.15) is 5.10 Å². The fraction of sp³-hybridized carbons (Fsp3) is 0.324. The van der Waals surface area contributed by atoms with Crippen LogP contribution >= 0.6 is 11.6 Å². The van der Waals surface area contributed by atoms with Crippen molar-refractivity contribution in [2.24, 2.45) is 7.05 Å². The van der Waals surface area contributed by atoms with Crippen LogP contribution in [-0.4, -0.2) is 40.4 Å². The van der Waals surface area contributed by atoms with Crippen molar-refractivity contribution in [2.75, 3.05) is 13.7 Å². The Balaban J connectivity index is 1.44. The van der Waals surface area contributed by atoms with E-state index in [9.17, 15) is 9.59 Å². The summed E-state index contributed by atoms with van der Waals surface area (Å²) in [5, 5.41) is 9.28. The van der Waals surface area contributed by atoms with Crippen molar-refractivity contribution >= 4 is 34.4 Å². The molecule has 0 bridgehead atoms. The highest BCUT2D eigenvalue weighted by Crippen LogP contribution is 2.36. The van der Waals surface area contributed by atoms with Gasteiger partial charge in [-0.05, 0) is 82.3 Å². The van der Waals surface area contributed by atoms with Gasteiger partial charge in [0, 0.05) is 34.3 Å². The second-order valence-electron chi connectivity index (χ2n) is 11.1. The van der Waals surface area contributed by atoms with Gasteiger partial charge in [-0.3, -0.25) is 9.48 Å². The Bertz CT molecular complexity index is 1860. The number of nitrogens with one attached hydrogen (secondary N) is 2. The minimum atomic E-state index is -0.485. The molecule has 10 heteroatoms. The summed E-state index contributed by atoms with van der Waals surface area (Å²) in [5.74, 6) is 0.899. The average molecular weight is 617 g/mol. The maximum Gasteiger partial charge on any atom is 0.341 e. The normalized spacial score (nSPS) is 11.3. The van der Waals surface area contributed by atoms with E-state index in [-0.39, 0.29) is 12.5 Å². The van der Waals surface area contributed by atoms with Crippen molar-refractivity contribution in [1.82, 2.24) is 20.1 Å². The molecule has 0 unspecified atom stereocenters. The van der Waals surface area contributed by atoms with Crippen LogP contribution in [0.5, 0.6) is 5.75 Å². The van der Waals surface area contributed by atoms with Crippen LogP contribution in [0.4, 0.5) is 0 Å². The van der Waals surface area contributed by atoms with Crippen LogP contribution in [0.3, 0.4) is 0 Å². The number of furan rings is 1. The number of aryl methyl sites for hydroxylation is 6. The predicted octanol–water partition coefficient (Wildman–Crippen LogP) is 7.09. The molecular formula is C34H37ClN4O5. The van der Waals surface area contributed by atoms with Gasteiger partial charge in [-0.1, -0.05) is 29.8 Å². The molecule has 0 aliphatic carbocycles. The van der Waals surface area contributed by atoms with Crippen molar-refractivity contribution in [3.8, 4) is 16.9 Å². The number of halogens is 1. The Morgan fingerprint density at radius 2 is 1.82 bits per heavy atom. The number of para-hydroxylation sites is 1. The molecule has 230 valence electrons. The van der Waals surface area contributed by atoms with E-state index in [1.807, 2.05) is 63.7 Å². The largest absolute Gasteiger partial charge is 0.494 e. The van der Waals surface area contributed by atoms with Crippen molar-refractivity contribution in [3.63, 3.8) is 0 Å². The van der Waals surface area contributed by atoms with Crippen molar-refractivity contribution in [3.05, 3.63) is 92.3 Å². The summed E-state index contributed by atoms with van der Waals surface area (Å²) < 4.78 is 18.5. The molecule has 0 atom stereocenters. The van der Waals surface area contributed by atoms with Crippen LogP contribution < -0.4 is 10.1 Å². The maximum atomic E-state index is 13.7. The van der Waals surface area contributed by atoms with E-state index in [1.165, 1.54) is 7.11 Å². The molecule has 3 heterocycles. The number of carbonyl (C=O) groups is 2. The third-order valence-corrected chi connectivity index (χ3v) is 8.59. The summed E-state index contributed by atoms with van der Waals surface area (Å²) in [7, 11) is 3.25. The van der Waals surface area contributed by atoms with Gasteiger partial charge in [0.1, 0.15) is 28.5 Å². The highest BCUT2D eigenvalue weighted by Gasteiger charge is 2.23. The second kappa shape index (κ2) is 12.6. The first-order valence-corrected chi connectivity index (χ1v) is 14.9. The molecule has 5 aromatic rings. The Hall–Kier alpha value is -4.50. The lowest BCUT2D eigenvalue weighted by molar-refractivity contribution is 0.0598. The highest BCUT2D eigenvalue weighted by atomic mass is 35.5. The third kappa shape index (κ3) is 5.97. The summed E-state index contributed by atoms with van der Waals surface area (Å²) in [6.07, 6.45) is 1.29. The number of methoxy groups -OCH3 is 1. The summed E-state index contributed by atoms with van der Waals surface area (Å²) in [6.45, 7) is 10.2. The molecule has 3 aromatic heterocycles. The van der Waals surface area contributed by atoms with Crippen LogP contribution in [0.25, 0.3) is 22.0 Å². The van der Waals surface area contributed by atoms with E-state index in [2.05, 4.69) is 21.5 Å². The molecule has 0 fully saturated rings. The lowest BCUT2D eigenvalue weighted by Gasteiger charge is -2.10. The number of fused-ring (bicyclic) bond motifs is 1. The van der Waals surface area contributed by atoms with E-state index < -0.39 is 5.97 Å². The smallest absolute Gasteiger partial charge is 0.341 e. The lowest BCUT2D eigenvalue weighted by Crippen LogP contribution is -2.24. The summed E-state index contributed by atoms with van der Waals surface area (Å²) >= 11 is 6.32. The first-order chi connectivity index (χ1) is 21.0. The van der Waals surface area contributed by atoms with E-state index in [0.717, 1.165) is 60.9 Å². The SMILES string of the molecule is COC(=O)c1cc(CNC(=O)c2[nH]c3c(-c4c(C)nn(C)c4C)cccc3c2CCCOc2cc(C)c(Cl)c(C)c2)oc1C. The maximum absolute atomic E-state index is 13.7. The van der Waals surface area contributed by atoms with Gasteiger partial charge in [0.2, 0.25) is 0 Å². The number of H-pyrrole nitrogens is 1. The lowest BCUT2D eigenvalue weighted by atomic mass is 9.98. The third-order valence-electron chi connectivity index (χ3n) is 7.99. The minimum absolute atomic E-state index is 0.109. The highest BCUT2D eigenvalue weighted by molar-refractivity contribution is 6.32. The molecule has 0 aliphatic rings. The fourth-order valence-corrected chi connectivity index (χ4v) is 5.84. The number of aromatic amines is 1. The molecule has 0 saturated carbocycles. The van der Waals surface area contributed by atoms with E-state index in [4.69, 9.17) is 25.5 Å². The molecule has 0 aliphatic heterocycles. The minimum Gasteiger partial charge on any atom is -0.494 e. The van der Waals surface area contributed by atoms with Crippen LogP contribution in [0, 0.1) is 34.6 Å². The van der Waals surface area contributed by atoms with Gasteiger partial charge in [0.05, 0.1) is 31.5 Å². The van der Waals surface area contributed by atoms with Gasteiger partial charge in [-0.15, -0.1) is 0 Å². The number of rotatable bonds is 10. The second-order valence-corrected chi connectivity index (χ2v) is 11.4. The van der Waals surface area contributed by atoms with Gasteiger partial charge in [0.15, 0.2) is 0 Å². The zero-order valence-electron chi connectivity index (χ0n) is 26.1. The predicted molar refractivity (Wildman–Crippen MR) is 171 cm³/mol. The first-order valence-electron chi connectivity index (χ1n) is 14.5. The molecule has 1 amide bonds. The van der Waals surface area contributed by atoms with Crippen LogP contribution in [-0.2, 0) is 24.8 Å². The van der Waals surface area contributed by atoms with Gasteiger partial charge in [0.25, 0.3) is 5.91 Å². The molecular weight excluding hydrogens is 580 g/mol. The molecule has 2 N–H and O–H groups in total. The van der Waals surface area contributed by atoms with Crippen molar-refractivity contribution < 1.29 is 23.5 Å². The quantitative estimate of drug-likeness (QED) is 0.128. The zero-order chi connectivity index (χ0) is 31.7. The van der Waals surface area contributed by atoms with Gasteiger partial charge < -0.3 is 24.2 Å². The molecule has 9 nitrogen and oxygen atoms in total. The number of ether oxygens (including phenoxy) is 2. The number of esters is 1. The summed E-state index contributed by atoms with van der Waals surface area (Å²) in [4.78, 5) is 29.2. The van der Waals surface area contributed by atoms with Crippen LogP contribution in [0.1, 0.15) is 66.9 Å². The van der Waals surface area contributed by atoms with E-state index in [1.54, 1.807) is 13.0 Å². The number of nitrogens with zero attached hydrogens (tertiary/aromatic N) is 2. The molecule has 2 aromatic carbocycles. The molecule has 0 spiro atoms. The molecule has 0 radical (unpaired) electrons. The number of hydrogen-bond donors (Lipinski definition) is 2. The van der Waals surface area contributed by atoms with E-state index in [0.29, 0.717) is 42.2 Å². The Morgan fingerprint density at radius 1 is 1.09 bits per heavy atom. The number of benzene rings is 2. The van der Waals surface area contributed by atoms with Crippen LogP contribution in [0.15, 0.2) is 40.8 Å². The Labute approximate surface area is 261 Å². The van der Waals surface area contributed by atoms with Crippen LogP contribution in [0.2, 0.25) is 5.02 Å². The van der Waals surface area contributed by atoms with Gasteiger partial charge in [-0.25, -0.2) is 4.79 Å². The molecule has 5 rings (SSSR count). The number of hydrogen-bond acceptors (Lipinski definition) is 6. The number of aromatic nitrogens is 3. The topological polar surface area (TPSA) is 111 Å². The van der Waals surface area contributed by atoms with Crippen molar-refractivity contribution in [2.45, 2.75) is 54.0 Å². The van der Waals surface area contributed by atoms with E-state index >= 15 is 0 Å². The standard InChI is InChI=1S/C34H37ClN4O5/c1-18-14-23(15-19(2)30(18)35)43-13-9-12-26-25-10-8-11-27(29-20(3)38-39(6)21(29)4)31(25)37-32(26)33(40)36-17-24-16-28(22(5)44-24)34(41)42-7/h8,10-11,14-16,37H,9,12-13,17H2,1-7H3,(H,36,40). The fourth-order valence-electron chi connectivity index (χ4n) is 5.73. The number of amides is 1. The average Bonchev–Trinajstić information content (AvgIpc) is 3.64. The zero-order valence-corrected chi connectivity index (χ0v) is 26.9. The monoisotopic (exact) mass is 616 g/mol. The van der Waals surface area contributed by atoms with Gasteiger partial charge >= 0.3 is 5.97 Å². The Kier molecular flexibility index (Phi) is 8.87. The summed E-state index contributed by atoms with van der Waals surface area (Å²) in [5.41, 5.74) is 8.49. The first kappa shape index (κ1) is 30.9. The number of carbonyl (C=O) groups excluding carboxylic acids is 2. The summed E-state index contributed by atoms with van der Waals surface area (Å²) in [6, 6.07) is 11.6. The van der Waals surface area contributed by atoms with Crippen molar-refractivity contribution in [1.29, 1.82) is 0 Å². The molecule has 44 heavy (non-hydrogen) atoms. The molecule has 0 saturated heterocycles.